The van der Waals surface area contributed by atoms with E-state index in [1.165, 1.54) is 20.0 Å². The highest BCUT2D eigenvalue weighted by atomic mass is 16.5. The van der Waals surface area contributed by atoms with Crippen LogP contribution in [0.5, 0.6) is 0 Å². The molecule has 1 unspecified atom stereocenters. The summed E-state index contributed by atoms with van der Waals surface area (Å²) in [6.45, 7) is 3.83. The summed E-state index contributed by atoms with van der Waals surface area (Å²) in [7, 11) is 1.43. The Labute approximate surface area is 126 Å². The molecular weight excluding hydrogens is 266 g/mol. The number of hydrogen-bond donors (Lipinski definition) is 1. The third kappa shape index (κ3) is 4.05. The molecule has 4 heteroatoms. The number of esters is 1. The standard InChI is InChI=1S/C17H25NO3/c1-3-11-18-17(16(19)20-2,13-21-12-14-9-10-14)15-7-5-4-6-8-15/h4-8,14,18H,3,9-13H2,1-2H3. The molecule has 0 bridgehead atoms. The first kappa shape index (κ1) is 16.0. The molecule has 1 N–H and O–H groups in total. The number of nitrogens with one attached hydrogen (secondary N) is 1. The number of carbonyl (C=O) groups excluding carboxylic acids is 1. The highest BCUT2D eigenvalue weighted by Gasteiger charge is 2.41. The maximum atomic E-state index is 12.5. The van der Waals surface area contributed by atoms with Crippen LogP contribution in [0.2, 0.25) is 0 Å². The summed E-state index contributed by atoms with van der Waals surface area (Å²) < 4.78 is 10.9. The number of methoxy groups -OCH3 is 1. The van der Waals surface area contributed by atoms with E-state index in [0.717, 1.165) is 25.1 Å². The zero-order valence-electron chi connectivity index (χ0n) is 12.9. The van der Waals surface area contributed by atoms with Gasteiger partial charge < -0.3 is 9.47 Å². The van der Waals surface area contributed by atoms with Gasteiger partial charge in [-0.3, -0.25) is 5.32 Å². The monoisotopic (exact) mass is 291 g/mol. The summed E-state index contributed by atoms with van der Waals surface area (Å²) in [5, 5.41) is 3.34. The molecule has 1 atom stereocenters. The van der Waals surface area contributed by atoms with E-state index in [1.54, 1.807) is 0 Å². The lowest BCUT2D eigenvalue weighted by Gasteiger charge is -2.32. The van der Waals surface area contributed by atoms with Gasteiger partial charge in [-0.05, 0) is 37.3 Å². The van der Waals surface area contributed by atoms with Crippen LogP contribution in [-0.2, 0) is 19.8 Å². The van der Waals surface area contributed by atoms with Crippen molar-refractivity contribution in [1.29, 1.82) is 0 Å². The van der Waals surface area contributed by atoms with Crippen molar-refractivity contribution in [3.05, 3.63) is 35.9 Å². The lowest BCUT2D eigenvalue weighted by atomic mass is 9.90. The molecule has 1 aliphatic carbocycles. The third-order valence-corrected chi connectivity index (χ3v) is 3.85. The van der Waals surface area contributed by atoms with Gasteiger partial charge in [0, 0.05) is 6.61 Å². The van der Waals surface area contributed by atoms with E-state index >= 15 is 0 Å². The predicted octanol–water partition coefficient (Wildman–Crippen LogP) is 2.48. The Morgan fingerprint density at radius 1 is 1.33 bits per heavy atom. The average molecular weight is 291 g/mol. The zero-order chi connectivity index (χ0) is 15.1. The Balaban J connectivity index is 2.20. The van der Waals surface area contributed by atoms with Gasteiger partial charge in [-0.2, -0.15) is 0 Å². The summed E-state index contributed by atoms with van der Waals surface area (Å²) in [6, 6.07) is 9.69. The van der Waals surface area contributed by atoms with Crippen LogP contribution in [0.4, 0.5) is 0 Å². The SMILES string of the molecule is CCCNC(COCC1CC1)(C(=O)OC)c1ccccc1. The van der Waals surface area contributed by atoms with Gasteiger partial charge >= 0.3 is 5.97 Å². The van der Waals surface area contributed by atoms with E-state index in [1.807, 2.05) is 30.3 Å². The maximum Gasteiger partial charge on any atom is 0.333 e. The van der Waals surface area contributed by atoms with Crippen LogP contribution in [0, 0.1) is 5.92 Å². The normalized spacial score (nSPS) is 17.2. The first-order valence-electron chi connectivity index (χ1n) is 7.69. The smallest absolute Gasteiger partial charge is 0.333 e. The van der Waals surface area contributed by atoms with Crippen molar-refractivity contribution in [3.8, 4) is 0 Å². The van der Waals surface area contributed by atoms with E-state index in [2.05, 4.69) is 12.2 Å². The number of benzene rings is 1. The van der Waals surface area contributed by atoms with Gasteiger partial charge in [0.25, 0.3) is 0 Å². The van der Waals surface area contributed by atoms with Crippen LogP contribution in [0.25, 0.3) is 0 Å². The molecule has 0 saturated heterocycles. The maximum absolute atomic E-state index is 12.5. The Kier molecular flexibility index (Phi) is 5.76. The number of hydrogen-bond acceptors (Lipinski definition) is 4. The van der Waals surface area contributed by atoms with E-state index in [9.17, 15) is 4.79 Å². The van der Waals surface area contributed by atoms with Gasteiger partial charge in [0.2, 0.25) is 0 Å². The Hall–Kier alpha value is -1.39. The molecule has 1 aromatic rings. The van der Waals surface area contributed by atoms with E-state index in [0.29, 0.717) is 12.5 Å². The minimum atomic E-state index is -0.916. The molecule has 0 radical (unpaired) electrons. The van der Waals surface area contributed by atoms with Gasteiger partial charge in [0.15, 0.2) is 5.54 Å². The second-order valence-corrected chi connectivity index (χ2v) is 5.65. The van der Waals surface area contributed by atoms with Gasteiger partial charge in [-0.1, -0.05) is 37.3 Å². The fourth-order valence-electron chi connectivity index (χ4n) is 2.38. The third-order valence-electron chi connectivity index (χ3n) is 3.85. The minimum absolute atomic E-state index is 0.294. The Bertz CT molecular complexity index is 445. The van der Waals surface area contributed by atoms with Crippen molar-refractivity contribution in [2.24, 2.45) is 5.92 Å². The van der Waals surface area contributed by atoms with Crippen LogP contribution < -0.4 is 5.32 Å². The minimum Gasteiger partial charge on any atom is -0.467 e. The van der Waals surface area contributed by atoms with E-state index in [4.69, 9.17) is 9.47 Å². The summed E-state index contributed by atoms with van der Waals surface area (Å²) in [5.41, 5.74) is -0.0259. The van der Waals surface area contributed by atoms with Crippen LogP contribution >= 0.6 is 0 Å². The Morgan fingerprint density at radius 2 is 2.05 bits per heavy atom. The summed E-state index contributed by atoms with van der Waals surface area (Å²) in [5.74, 6) is 0.375. The van der Waals surface area contributed by atoms with Crippen LogP contribution in [0.3, 0.4) is 0 Å². The van der Waals surface area contributed by atoms with Crippen LogP contribution in [-0.4, -0.2) is 32.8 Å². The summed E-state index contributed by atoms with van der Waals surface area (Å²) in [6.07, 6.45) is 3.41. The molecular formula is C17H25NO3. The number of rotatable bonds is 9. The van der Waals surface area contributed by atoms with Crippen molar-refractivity contribution in [2.45, 2.75) is 31.7 Å². The molecule has 1 aliphatic rings. The molecule has 0 aromatic heterocycles. The van der Waals surface area contributed by atoms with Gasteiger partial charge in [-0.25, -0.2) is 4.79 Å². The first-order valence-corrected chi connectivity index (χ1v) is 7.69. The highest BCUT2D eigenvalue weighted by Crippen LogP contribution is 2.30. The molecule has 0 aliphatic heterocycles. The number of ether oxygens (including phenoxy) is 2. The topological polar surface area (TPSA) is 47.6 Å². The van der Waals surface area contributed by atoms with Crippen LogP contribution in [0.1, 0.15) is 31.7 Å². The predicted molar refractivity (Wildman–Crippen MR) is 82.0 cm³/mol. The molecule has 116 valence electrons. The first-order chi connectivity index (χ1) is 10.2. The molecule has 21 heavy (non-hydrogen) atoms. The molecule has 1 saturated carbocycles. The highest BCUT2D eigenvalue weighted by molar-refractivity contribution is 5.82. The summed E-state index contributed by atoms with van der Waals surface area (Å²) in [4.78, 5) is 12.5. The second kappa shape index (κ2) is 7.57. The van der Waals surface area contributed by atoms with Crippen molar-refractivity contribution in [3.63, 3.8) is 0 Å². The van der Waals surface area contributed by atoms with Crippen LogP contribution in [0.15, 0.2) is 30.3 Å². The van der Waals surface area contributed by atoms with E-state index < -0.39 is 5.54 Å². The second-order valence-electron chi connectivity index (χ2n) is 5.65. The molecule has 4 nitrogen and oxygen atoms in total. The van der Waals surface area contributed by atoms with Gasteiger partial charge in [0.05, 0.1) is 13.7 Å². The average Bonchev–Trinajstić information content (AvgIpc) is 3.35. The molecule has 0 spiro atoms. The number of carbonyl (C=O) groups is 1. The van der Waals surface area contributed by atoms with E-state index in [-0.39, 0.29) is 5.97 Å². The van der Waals surface area contributed by atoms with Gasteiger partial charge in [0.1, 0.15) is 0 Å². The molecule has 1 fully saturated rings. The summed E-state index contributed by atoms with van der Waals surface area (Å²) >= 11 is 0. The Morgan fingerprint density at radius 3 is 2.62 bits per heavy atom. The largest absolute Gasteiger partial charge is 0.467 e. The lowest BCUT2D eigenvalue weighted by Crippen LogP contribution is -2.53. The molecule has 2 rings (SSSR count). The lowest BCUT2D eigenvalue weighted by molar-refractivity contribution is -0.152. The van der Waals surface area contributed by atoms with Crippen molar-refractivity contribution in [2.75, 3.05) is 26.9 Å². The van der Waals surface area contributed by atoms with Crippen molar-refractivity contribution >= 4 is 5.97 Å². The molecule has 1 aromatic carbocycles. The van der Waals surface area contributed by atoms with Crippen molar-refractivity contribution < 1.29 is 14.3 Å². The zero-order valence-corrected chi connectivity index (χ0v) is 12.9. The fraction of sp³-hybridized carbons (Fsp3) is 0.588. The quantitative estimate of drug-likeness (QED) is 0.710. The van der Waals surface area contributed by atoms with Gasteiger partial charge in [-0.15, -0.1) is 0 Å². The molecule has 0 heterocycles. The van der Waals surface area contributed by atoms with Crippen molar-refractivity contribution in [1.82, 2.24) is 5.32 Å². The fourth-order valence-corrected chi connectivity index (χ4v) is 2.38. The molecule has 0 amide bonds.